The number of aliphatic carboxylic acids is 2. The van der Waals surface area contributed by atoms with Crippen LogP contribution in [0, 0.1) is 0 Å². The predicted octanol–water partition coefficient (Wildman–Crippen LogP) is 0.588. The summed E-state index contributed by atoms with van der Waals surface area (Å²) in [7, 11) is 0. The molecule has 0 amide bonds. The molecule has 15 heavy (non-hydrogen) atoms. The van der Waals surface area contributed by atoms with Crippen LogP contribution < -0.4 is 0 Å². The molecule has 1 atom stereocenters. The summed E-state index contributed by atoms with van der Waals surface area (Å²) < 4.78 is 0. The minimum absolute atomic E-state index is 0.316. The van der Waals surface area contributed by atoms with E-state index in [9.17, 15) is 9.59 Å². The number of nitrogens with zero attached hydrogens (tertiary/aromatic N) is 1. The van der Waals surface area contributed by atoms with E-state index in [1.165, 1.54) is 17.1 Å². The van der Waals surface area contributed by atoms with Gasteiger partial charge in [-0.3, -0.25) is 14.5 Å². The summed E-state index contributed by atoms with van der Waals surface area (Å²) in [5.74, 6) is -2.29. The van der Waals surface area contributed by atoms with E-state index in [4.69, 9.17) is 10.2 Å². The average Bonchev–Trinajstić information content (AvgIpc) is 2.13. The third-order valence-electron chi connectivity index (χ3n) is 1.82. The summed E-state index contributed by atoms with van der Waals surface area (Å²) in [6.45, 7) is 7.61. The molecule has 0 aliphatic carbocycles. The fraction of sp³-hybridized carbons (Fsp3) is 0.400. The molecule has 0 rings (SSSR count). The van der Waals surface area contributed by atoms with Gasteiger partial charge in [0.25, 0.3) is 0 Å². The summed E-state index contributed by atoms with van der Waals surface area (Å²) in [6.07, 6.45) is 2.62. The van der Waals surface area contributed by atoms with Crippen LogP contribution in [0.1, 0.15) is 6.42 Å². The number of hydrogen-bond acceptors (Lipinski definition) is 3. The van der Waals surface area contributed by atoms with Crippen molar-refractivity contribution in [3.63, 3.8) is 0 Å². The molecule has 0 saturated carbocycles. The Kier molecular flexibility index (Phi) is 6.05. The third-order valence-corrected chi connectivity index (χ3v) is 1.82. The lowest BCUT2D eigenvalue weighted by atomic mass is 10.1. The molecule has 1 unspecified atom stereocenters. The molecule has 2 N–H and O–H groups in total. The van der Waals surface area contributed by atoms with Crippen LogP contribution >= 0.6 is 0 Å². The number of hydrogen-bond donors (Lipinski definition) is 2. The molecule has 0 aromatic carbocycles. The summed E-state index contributed by atoms with van der Waals surface area (Å²) in [5, 5.41) is 17.4. The van der Waals surface area contributed by atoms with Gasteiger partial charge in [-0.05, 0) is 0 Å². The van der Waals surface area contributed by atoms with Gasteiger partial charge in [0.2, 0.25) is 0 Å². The second-order valence-corrected chi connectivity index (χ2v) is 2.98. The lowest BCUT2D eigenvalue weighted by Crippen LogP contribution is -2.42. The zero-order chi connectivity index (χ0) is 11.8. The Balaban J connectivity index is 4.64. The molecule has 0 aromatic heterocycles. The van der Waals surface area contributed by atoms with Gasteiger partial charge in [0.05, 0.1) is 6.42 Å². The molecule has 0 fully saturated rings. The van der Waals surface area contributed by atoms with Crippen LogP contribution in [0.5, 0.6) is 0 Å². The van der Waals surface area contributed by atoms with Gasteiger partial charge in [-0.2, -0.15) is 0 Å². The molecule has 5 nitrogen and oxygen atoms in total. The number of carbonyl (C=O) groups is 2. The number of rotatable bonds is 8. The van der Waals surface area contributed by atoms with Gasteiger partial charge in [0.1, 0.15) is 6.04 Å². The van der Waals surface area contributed by atoms with Gasteiger partial charge < -0.3 is 10.2 Å². The Labute approximate surface area is 88.3 Å². The first-order valence-electron chi connectivity index (χ1n) is 4.43. The highest BCUT2D eigenvalue weighted by Gasteiger charge is 2.26. The van der Waals surface area contributed by atoms with Crippen molar-refractivity contribution in [3.05, 3.63) is 25.3 Å². The van der Waals surface area contributed by atoms with Crippen LogP contribution in [-0.4, -0.2) is 46.2 Å². The molecular formula is C10H15NO4. The monoisotopic (exact) mass is 213 g/mol. The van der Waals surface area contributed by atoms with Gasteiger partial charge in [0.15, 0.2) is 0 Å². The van der Waals surface area contributed by atoms with E-state index in [1.807, 2.05) is 0 Å². The zero-order valence-electron chi connectivity index (χ0n) is 8.43. The highest BCUT2D eigenvalue weighted by Crippen LogP contribution is 2.05. The zero-order valence-corrected chi connectivity index (χ0v) is 8.43. The first-order chi connectivity index (χ1) is 7.02. The van der Waals surface area contributed by atoms with E-state index < -0.39 is 24.4 Å². The van der Waals surface area contributed by atoms with E-state index in [0.29, 0.717) is 13.1 Å². The lowest BCUT2D eigenvalue weighted by molar-refractivity contribution is -0.149. The molecule has 0 aliphatic rings. The highest BCUT2D eigenvalue weighted by atomic mass is 16.4. The smallest absolute Gasteiger partial charge is 0.321 e. The molecule has 0 radical (unpaired) electrons. The van der Waals surface area contributed by atoms with Crippen molar-refractivity contribution in [3.8, 4) is 0 Å². The summed E-state index contributed by atoms with van der Waals surface area (Å²) in [5.41, 5.74) is 0. The van der Waals surface area contributed by atoms with E-state index in [2.05, 4.69) is 13.2 Å². The standard InChI is InChI=1S/C10H15NO4/c1-3-5-11(6-4-2)8(10(14)15)7-9(12)13/h3-4,8H,1-2,5-7H2,(H,12,13)(H,14,15). The van der Waals surface area contributed by atoms with E-state index in [1.54, 1.807) is 0 Å². The van der Waals surface area contributed by atoms with Crippen LogP contribution in [0.15, 0.2) is 25.3 Å². The summed E-state index contributed by atoms with van der Waals surface area (Å²) in [4.78, 5) is 22.8. The molecular weight excluding hydrogens is 198 g/mol. The molecule has 0 aromatic rings. The van der Waals surface area contributed by atoms with Gasteiger partial charge in [-0.15, -0.1) is 13.2 Å². The van der Waals surface area contributed by atoms with E-state index in [0.717, 1.165) is 0 Å². The van der Waals surface area contributed by atoms with Crippen LogP contribution in [-0.2, 0) is 9.59 Å². The Morgan fingerprint density at radius 1 is 1.20 bits per heavy atom. The summed E-state index contributed by atoms with van der Waals surface area (Å²) in [6, 6.07) is -1.04. The third kappa shape index (κ3) is 4.97. The lowest BCUT2D eigenvalue weighted by Gasteiger charge is -2.25. The molecule has 84 valence electrons. The Morgan fingerprint density at radius 3 is 1.93 bits per heavy atom. The van der Waals surface area contributed by atoms with Crippen LogP contribution in [0.2, 0.25) is 0 Å². The van der Waals surface area contributed by atoms with Gasteiger partial charge >= 0.3 is 11.9 Å². The van der Waals surface area contributed by atoms with Crippen molar-refractivity contribution >= 4 is 11.9 Å². The quantitative estimate of drug-likeness (QED) is 0.577. The molecule has 0 heterocycles. The molecule has 5 heteroatoms. The van der Waals surface area contributed by atoms with E-state index in [-0.39, 0.29) is 0 Å². The topological polar surface area (TPSA) is 77.8 Å². The number of carboxylic acid groups (broad SMARTS) is 2. The summed E-state index contributed by atoms with van der Waals surface area (Å²) >= 11 is 0. The minimum atomic E-state index is -1.15. The second kappa shape index (κ2) is 6.78. The van der Waals surface area contributed by atoms with Crippen molar-refractivity contribution in [1.29, 1.82) is 0 Å². The van der Waals surface area contributed by atoms with Crippen molar-refractivity contribution in [2.75, 3.05) is 13.1 Å². The fourth-order valence-corrected chi connectivity index (χ4v) is 1.20. The van der Waals surface area contributed by atoms with Gasteiger partial charge in [-0.1, -0.05) is 12.2 Å². The van der Waals surface area contributed by atoms with Crippen molar-refractivity contribution < 1.29 is 19.8 Å². The van der Waals surface area contributed by atoms with Crippen molar-refractivity contribution in [2.45, 2.75) is 12.5 Å². The van der Waals surface area contributed by atoms with Gasteiger partial charge in [0, 0.05) is 13.1 Å². The minimum Gasteiger partial charge on any atom is -0.481 e. The Morgan fingerprint density at radius 2 is 1.67 bits per heavy atom. The second-order valence-electron chi connectivity index (χ2n) is 2.98. The molecule has 0 saturated heterocycles. The van der Waals surface area contributed by atoms with Crippen LogP contribution in [0.3, 0.4) is 0 Å². The van der Waals surface area contributed by atoms with Gasteiger partial charge in [-0.25, -0.2) is 0 Å². The maximum absolute atomic E-state index is 10.9. The van der Waals surface area contributed by atoms with Crippen molar-refractivity contribution in [2.24, 2.45) is 0 Å². The molecule has 0 spiro atoms. The van der Waals surface area contributed by atoms with E-state index >= 15 is 0 Å². The first kappa shape index (κ1) is 13.4. The average molecular weight is 213 g/mol. The Bertz CT molecular complexity index is 252. The molecule has 0 bridgehead atoms. The van der Waals surface area contributed by atoms with Crippen molar-refractivity contribution in [1.82, 2.24) is 4.90 Å². The SMILES string of the molecule is C=CCN(CC=C)C(CC(=O)O)C(=O)O. The largest absolute Gasteiger partial charge is 0.481 e. The van der Waals surface area contributed by atoms with Crippen LogP contribution in [0.25, 0.3) is 0 Å². The maximum Gasteiger partial charge on any atom is 0.321 e. The highest BCUT2D eigenvalue weighted by molar-refractivity contribution is 5.80. The fourth-order valence-electron chi connectivity index (χ4n) is 1.20. The maximum atomic E-state index is 10.9. The first-order valence-corrected chi connectivity index (χ1v) is 4.43. The normalized spacial score (nSPS) is 12.1. The van der Waals surface area contributed by atoms with Crippen LogP contribution in [0.4, 0.5) is 0 Å². The predicted molar refractivity (Wildman–Crippen MR) is 55.6 cm³/mol. The number of carboxylic acids is 2. The molecule has 0 aliphatic heterocycles. The Hall–Kier alpha value is -1.62.